The van der Waals surface area contributed by atoms with E-state index in [9.17, 15) is 35.1 Å². The molecule has 0 amide bonds. The Balaban J connectivity index is 1.85. The number of aliphatic carboxylic acids is 1. The summed E-state index contributed by atoms with van der Waals surface area (Å²) in [5.74, 6) is -3.66. The van der Waals surface area contributed by atoms with Gasteiger partial charge in [0.05, 0.1) is 50.0 Å². The summed E-state index contributed by atoms with van der Waals surface area (Å²) in [6.45, 7) is 17.3. The maximum absolute atomic E-state index is 14.2. The van der Waals surface area contributed by atoms with Crippen LogP contribution >= 0.6 is 0 Å². The molecule has 54 heavy (non-hydrogen) atoms. The Morgan fingerprint density at radius 3 is 2.19 bits per heavy atom. The first kappa shape index (κ1) is 44.8. The summed E-state index contributed by atoms with van der Waals surface area (Å²) in [6, 6.07) is -0.563. The van der Waals surface area contributed by atoms with Gasteiger partial charge in [0.1, 0.15) is 41.3 Å². The van der Waals surface area contributed by atoms with Gasteiger partial charge in [-0.1, -0.05) is 20.8 Å². The highest BCUT2D eigenvalue weighted by Crippen LogP contribution is 2.47. The fourth-order valence-corrected chi connectivity index (χ4v) is 9.38. The summed E-state index contributed by atoms with van der Waals surface area (Å²) in [4.78, 5) is 26.0. The van der Waals surface area contributed by atoms with Crippen LogP contribution in [0.3, 0.4) is 0 Å². The summed E-state index contributed by atoms with van der Waals surface area (Å²) < 4.78 is 44.6. The second kappa shape index (κ2) is 16.5. The number of aliphatic hydroxyl groups is 4. The van der Waals surface area contributed by atoms with Gasteiger partial charge in [0.15, 0.2) is 25.2 Å². The van der Waals surface area contributed by atoms with E-state index in [1.54, 1.807) is 48.7 Å². The lowest BCUT2D eigenvalue weighted by atomic mass is 9.78. The molecule has 4 rings (SSSR count). The van der Waals surface area contributed by atoms with Crippen molar-refractivity contribution in [3.05, 3.63) is 11.3 Å². The fraction of sp³-hybridized carbons (Fsp3) is 0.897. The number of fused-ring (bicyclic) bond motifs is 2. The van der Waals surface area contributed by atoms with Crippen LogP contribution in [0.15, 0.2) is 11.3 Å². The Morgan fingerprint density at radius 2 is 1.61 bits per heavy atom. The zero-order valence-corrected chi connectivity index (χ0v) is 34.5. The average Bonchev–Trinajstić information content (AvgIpc) is 3.40. The molecule has 17 atom stereocenters. The van der Waals surface area contributed by atoms with Crippen molar-refractivity contribution < 1.29 is 72.8 Å². The lowest BCUT2D eigenvalue weighted by molar-refractivity contribution is -0.915. The van der Waals surface area contributed by atoms with Crippen LogP contribution in [0.2, 0.25) is 0 Å². The second-order valence-corrected chi connectivity index (χ2v) is 17.7. The van der Waals surface area contributed by atoms with Crippen molar-refractivity contribution in [2.45, 2.75) is 179 Å². The second-order valence-electron chi connectivity index (χ2n) is 17.7. The van der Waals surface area contributed by atoms with Crippen molar-refractivity contribution in [3.63, 3.8) is 0 Å². The predicted octanol–water partition coefficient (Wildman–Crippen LogP) is 2.49. The highest BCUT2D eigenvalue weighted by atomic mass is 16.7. The Hall–Kier alpha value is -1.92. The Labute approximate surface area is 320 Å². The zero-order valence-electron chi connectivity index (χ0n) is 34.5. The lowest BCUT2D eigenvalue weighted by Crippen LogP contribution is -2.65. The molecule has 0 aromatic rings. The van der Waals surface area contributed by atoms with Gasteiger partial charge in [-0.2, -0.15) is 0 Å². The number of carbonyl (C=O) groups excluding carboxylic acids is 1. The summed E-state index contributed by atoms with van der Waals surface area (Å²) in [5, 5.41) is 56.0. The summed E-state index contributed by atoms with van der Waals surface area (Å²) >= 11 is 0. The number of aliphatic hydroxyl groups excluding tert-OH is 3. The van der Waals surface area contributed by atoms with Gasteiger partial charge in [-0.25, -0.2) is 4.79 Å². The van der Waals surface area contributed by atoms with Gasteiger partial charge in [0.2, 0.25) is 0 Å². The third-order valence-electron chi connectivity index (χ3n) is 12.7. The number of likely N-dealkylation sites (N-methyl/N-ethyl adjacent to an activating group) is 1. The molecule has 5 N–H and O–H groups in total. The number of carboxylic acids is 1. The van der Waals surface area contributed by atoms with Crippen LogP contribution < -0.4 is 0 Å². The van der Waals surface area contributed by atoms with Gasteiger partial charge in [-0.05, 0) is 60.5 Å². The summed E-state index contributed by atoms with van der Waals surface area (Å²) in [6.07, 6.45) is -8.87. The molecule has 0 spiro atoms. The molecule has 0 aromatic heterocycles. The third-order valence-corrected chi connectivity index (χ3v) is 12.7. The van der Waals surface area contributed by atoms with E-state index < -0.39 is 114 Å². The molecule has 15 heteroatoms. The van der Waals surface area contributed by atoms with Crippen LogP contribution in [-0.4, -0.2) is 154 Å². The van der Waals surface area contributed by atoms with Gasteiger partial charge >= 0.3 is 11.9 Å². The number of hydrogen-bond donors (Lipinski definition) is 5. The molecule has 0 radical (unpaired) electrons. The first-order valence-corrected chi connectivity index (χ1v) is 19.4. The number of esters is 1. The highest BCUT2D eigenvalue weighted by molar-refractivity contribution is 5.73. The first-order chi connectivity index (χ1) is 24.8. The number of rotatable bonds is 9. The zero-order chi connectivity index (χ0) is 40.9. The van der Waals surface area contributed by atoms with Crippen LogP contribution in [0.25, 0.3) is 0 Å². The molecule has 0 aromatic carbocycles. The van der Waals surface area contributed by atoms with Gasteiger partial charge in [-0.15, -0.1) is 0 Å². The lowest BCUT2D eigenvalue weighted by Gasteiger charge is -2.49. The van der Waals surface area contributed by atoms with E-state index in [0.29, 0.717) is 18.6 Å². The molecule has 0 aliphatic carbocycles. The van der Waals surface area contributed by atoms with E-state index in [4.69, 9.17) is 33.2 Å². The smallest absolute Gasteiger partial charge is 0.359 e. The van der Waals surface area contributed by atoms with E-state index in [0.717, 1.165) is 5.57 Å². The maximum atomic E-state index is 14.2. The number of methoxy groups -OCH3 is 1. The first-order valence-electron chi connectivity index (χ1n) is 19.4. The molecule has 0 unspecified atom stereocenters. The van der Waals surface area contributed by atoms with Gasteiger partial charge in [0, 0.05) is 38.2 Å². The summed E-state index contributed by atoms with van der Waals surface area (Å²) in [5.41, 5.74) is -3.26. The molecule has 4 aliphatic heterocycles. The van der Waals surface area contributed by atoms with Crippen molar-refractivity contribution in [1.82, 2.24) is 0 Å². The van der Waals surface area contributed by atoms with Crippen LogP contribution in [0.5, 0.6) is 0 Å². The van der Waals surface area contributed by atoms with Crippen molar-refractivity contribution in [2.24, 2.45) is 17.8 Å². The molecule has 0 saturated carbocycles. The van der Waals surface area contributed by atoms with Gasteiger partial charge in [-0.3, -0.25) is 4.79 Å². The van der Waals surface area contributed by atoms with E-state index in [1.165, 1.54) is 14.0 Å². The SMILES string of the molecule is CC[C@H]1OC(=O)[C@H](C)[C@@H](O[C@H]2C[C@@](C)(OC)[C@@H](O)[C@H](C)O2)[C@H](C)[C@@H](O[C@@H]2O[C@H](C)C[C@H]([N+](C)(C)CC(=O)O)[C@H]2O)[C@@]2(C)CC(C)=C(O2)[C@H](C)[C@@H](O)[C@]1(C)O. The van der Waals surface area contributed by atoms with Crippen LogP contribution in [-0.2, 0) is 42.7 Å². The molecule has 3 fully saturated rings. The minimum atomic E-state index is -1.87. The number of nitrogens with zero attached hydrogens (tertiary/aromatic N) is 1. The number of cyclic esters (lactones) is 1. The van der Waals surface area contributed by atoms with Crippen molar-refractivity contribution in [2.75, 3.05) is 27.7 Å². The monoisotopic (exact) mass is 774 g/mol. The minimum absolute atomic E-state index is 0.0211. The molecule has 15 nitrogen and oxygen atoms in total. The van der Waals surface area contributed by atoms with Crippen LogP contribution in [0.4, 0.5) is 0 Å². The maximum Gasteiger partial charge on any atom is 0.359 e. The molecular formula is C39H68NO14+. The van der Waals surface area contributed by atoms with Crippen LogP contribution in [0, 0.1) is 17.8 Å². The van der Waals surface area contributed by atoms with E-state index in [2.05, 4.69) is 0 Å². The van der Waals surface area contributed by atoms with Crippen molar-refractivity contribution >= 4 is 11.9 Å². The van der Waals surface area contributed by atoms with Crippen molar-refractivity contribution in [1.29, 1.82) is 0 Å². The average molecular weight is 775 g/mol. The number of quaternary nitrogens is 1. The quantitative estimate of drug-likeness (QED) is 0.169. The standard InChI is InChI=1S/C39H67NO14/c1-14-26-39(10,47)32(44)21(4)30-19(2)16-38(9,54-30)34(53-36-29(43)25(15-20(3)49-36)40(11,12)18-27(41)42)22(5)31(23(6)35(46)51-26)52-28-17-37(8,48-13)33(45)24(7)50-28/h20-26,28-29,31-34,36,43-45,47H,14-18H2,1-13H3/p+1/t20-,21+,22+,23-,24+,25+,26-,28+,29-,31+,32-,33+,34-,36+,37-,38-,39-/m1/s1. The Morgan fingerprint density at radius 1 is 0.981 bits per heavy atom. The molecule has 312 valence electrons. The van der Waals surface area contributed by atoms with Gasteiger partial charge in [0.25, 0.3) is 0 Å². The third kappa shape index (κ3) is 8.80. The minimum Gasteiger partial charge on any atom is -0.489 e. The largest absolute Gasteiger partial charge is 0.489 e. The molecular weight excluding hydrogens is 706 g/mol. The van der Waals surface area contributed by atoms with E-state index in [-0.39, 0.29) is 23.9 Å². The number of ether oxygens (including phenoxy) is 7. The van der Waals surface area contributed by atoms with E-state index in [1.807, 2.05) is 27.7 Å². The Bertz CT molecular complexity index is 1370. The number of carboxylic acid groups (broad SMARTS) is 1. The molecule has 2 bridgehead atoms. The highest BCUT2D eigenvalue weighted by Gasteiger charge is 2.57. The summed E-state index contributed by atoms with van der Waals surface area (Å²) in [7, 11) is 5.00. The van der Waals surface area contributed by atoms with E-state index >= 15 is 0 Å². The normalized spacial score (nSPS) is 46.9. The van der Waals surface area contributed by atoms with Crippen molar-refractivity contribution in [3.8, 4) is 0 Å². The fourth-order valence-electron chi connectivity index (χ4n) is 9.38. The molecule has 4 aliphatic rings. The molecule has 3 saturated heterocycles. The topological polar surface area (TPSA) is 200 Å². The van der Waals surface area contributed by atoms with Gasteiger partial charge < -0.3 is 63.2 Å². The van der Waals surface area contributed by atoms with Crippen LogP contribution in [0.1, 0.15) is 94.9 Å². The number of carbonyl (C=O) groups is 2. The Kier molecular flexibility index (Phi) is 13.7. The predicted molar refractivity (Wildman–Crippen MR) is 195 cm³/mol. The molecule has 4 heterocycles. The number of hydrogen-bond acceptors (Lipinski definition) is 13.